The normalized spacial score (nSPS) is 36.0. The van der Waals surface area contributed by atoms with Crippen LogP contribution in [0, 0.1) is 17.8 Å². The van der Waals surface area contributed by atoms with E-state index in [4.69, 9.17) is 10.5 Å². The Morgan fingerprint density at radius 1 is 1.33 bits per heavy atom. The van der Waals surface area contributed by atoms with Gasteiger partial charge in [-0.2, -0.15) is 0 Å². The van der Waals surface area contributed by atoms with Gasteiger partial charge in [-0.25, -0.2) is 0 Å². The molecule has 0 aromatic rings. The van der Waals surface area contributed by atoms with Crippen LogP contribution in [-0.2, 0) is 4.74 Å². The van der Waals surface area contributed by atoms with E-state index < -0.39 is 0 Å². The highest BCUT2D eigenvalue weighted by Gasteiger charge is 2.39. The standard InChI is InChI=1S/C13H25NO/c1-2-5-15-9-13(14)8-12-7-10-3-4-11(12)6-10/h10-13H,2-9,14H2,1H3. The summed E-state index contributed by atoms with van der Waals surface area (Å²) in [4.78, 5) is 0. The maximum absolute atomic E-state index is 6.10. The highest BCUT2D eigenvalue weighted by Crippen LogP contribution is 2.49. The molecule has 2 aliphatic carbocycles. The number of hydrogen-bond acceptors (Lipinski definition) is 2. The largest absolute Gasteiger partial charge is 0.380 e. The van der Waals surface area contributed by atoms with Crippen LogP contribution in [0.2, 0.25) is 0 Å². The topological polar surface area (TPSA) is 35.2 Å². The second-order valence-corrected chi connectivity index (χ2v) is 5.51. The van der Waals surface area contributed by atoms with Crippen LogP contribution >= 0.6 is 0 Å². The van der Waals surface area contributed by atoms with Gasteiger partial charge >= 0.3 is 0 Å². The summed E-state index contributed by atoms with van der Waals surface area (Å²) in [5.41, 5.74) is 6.10. The smallest absolute Gasteiger partial charge is 0.0617 e. The van der Waals surface area contributed by atoms with Gasteiger partial charge in [0, 0.05) is 12.6 Å². The van der Waals surface area contributed by atoms with E-state index in [2.05, 4.69) is 6.92 Å². The average Bonchev–Trinajstić information content (AvgIpc) is 2.79. The van der Waals surface area contributed by atoms with E-state index in [1.54, 1.807) is 0 Å². The van der Waals surface area contributed by atoms with Crippen molar-refractivity contribution in [1.29, 1.82) is 0 Å². The lowest BCUT2D eigenvalue weighted by atomic mass is 9.84. The van der Waals surface area contributed by atoms with E-state index in [9.17, 15) is 0 Å². The zero-order chi connectivity index (χ0) is 10.7. The van der Waals surface area contributed by atoms with Gasteiger partial charge in [0.1, 0.15) is 0 Å². The zero-order valence-electron chi connectivity index (χ0n) is 9.95. The molecule has 2 rings (SSSR count). The minimum atomic E-state index is 0.279. The molecule has 4 atom stereocenters. The Morgan fingerprint density at radius 2 is 2.20 bits per heavy atom. The molecule has 2 N–H and O–H groups in total. The molecule has 2 heteroatoms. The average molecular weight is 211 g/mol. The van der Waals surface area contributed by atoms with Crippen molar-refractivity contribution in [2.24, 2.45) is 23.5 Å². The fourth-order valence-electron chi connectivity index (χ4n) is 3.50. The monoisotopic (exact) mass is 211 g/mol. The molecule has 88 valence electrons. The van der Waals surface area contributed by atoms with E-state index >= 15 is 0 Å². The summed E-state index contributed by atoms with van der Waals surface area (Å²) in [6.45, 7) is 3.77. The lowest BCUT2D eigenvalue weighted by Crippen LogP contribution is -2.30. The van der Waals surface area contributed by atoms with Gasteiger partial charge in [-0.05, 0) is 49.9 Å². The first-order valence-corrected chi connectivity index (χ1v) is 6.63. The van der Waals surface area contributed by atoms with Crippen LogP contribution < -0.4 is 5.73 Å². The summed E-state index contributed by atoms with van der Waals surface area (Å²) in [7, 11) is 0. The second-order valence-electron chi connectivity index (χ2n) is 5.51. The van der Waals surface area contributed by atoms with Crippen molar-refractivity contribution < 1.29 is 4.74 Å². The van der Waals surface area contributed by atoms with Crippen LogP contribution in [0.1, 0.15) is 45.4 Å². The molecule has 0 spiro atoms. The third-order valence-corrected chi connectivity index (χ3v) is 4.17. The van der Waals surface area contributed by atoms with Gasteiger partial charge in [0.05, 0.1) is 6.61 Å². The zero-order valence-corrected chi connectivity index (χ0v) is 9.95. The number of ether oxygens (including phenoxy) is 1. The third-order valence-electron chi connectivity index (χ3n) is 4.17. The molecule has 2 fully saturated rings. The minimum absolute atomic E-state index is 0.279. The summed E-state index contributed by atoms with van der Waals surface area (Å²) in [6.07, 6.45) is 8.20. The third kappa shape index (κ3) is 2.94. The molecule has 0 amide bonds. The van der Waals surface area contributed by atoms with E-state index in [-0.39, 0.29) is 6.04 Å². The van der Waals surface area contributed by atoms with E-state index in [0.717, 1.165) is 37.4 Å². The Morgan fingerprint density at radius 3 is 2.80 bits per heavy atom. The predicted molar refractivity (Wildman–Crippen MR) is 62.6 cm³/mol. The first-order chi connectivity index (χ1) is 7.29. The fourth-order valence-corrected chi connectivity index (χ4v) is 3.50. The Kier molecular flexibility index (Phi) is 4.04. The van der Waals surface area contributed by atoms with Gasteiger partial charge in [-0.3, -0.25) is 0 Å². The van der Waals surface area contributed by atoms with E-state index in [0.29, 0.717) is 0 Å². The van der Waals surface area contributed by atoms with E-state index in [1.807, 2.05) is 0 Å². The van der Waals surface area contributed by atoms with Gasteiger partial charge in [-0.15, -0.1) is 0 Å². The van der Waals surface area contributed by atoms with Crippen molar-refractivity contribution in [2.45, 2.75) is 51.5 Å². The molecule has 0 heterocycles. The van der Waals surface area contributed by atoms with Gasteiger partial charge in [0.15, 0.2) is 0 Å². The maximum Gasteiger partial charge on any atom is 0.0617 e. The lowest BCUT2D eigenvalue weighted by molar-refractivity contribution is 0.110. The second kappa shape index (κ2) is 5.31. The summed E-state index contributed by atoms with van der Waals surface area (Å²) < 4.78 is 5.51. The molecule has 0 aromatic heterocycles. The summed E-state index contributed by atoms with van der Waals surface area (Å²) in [5.74, 6) is 2.97. The molecule has 2 bridgehead atoms. The molecule has 4 unspecified atom stereocenters. The molecule has 0 saturated heterocycles. The first-order valence-electron chi connectivity index (χ1n) is 6.63. The van der Waals surface area contributed by atoms with Gasteiger partial charge in [-0.1, -0.05) is 13.3 Å². The van der Waals surface area contributed by atoms with Gasteiger partial charge < -0.3 is 10.5 Å². The molecule has 2 aliphatic rings. The van der Waals surface area contributed by atoms with E-state index in [1.165, 1.54) is 32.1 Å². The molecule has 0 radical (unpaired) electrons. The first kappa shape index (κ1) is 11.4. The molecule has 15 heavy (non-hydrogen) atoms. The number of fused-ring (bicyclic) bond motifs is 2. The summed E-state index contributed by atoms with van der Waals surface area (Å²) in [5, 5.41) is 0. The fraction of sp³-hybridized carbons (Fsp3) is 1.00. The van der Waals surface area contributed by atoms with Crippen molar-refractivity contribution in [2.75, 3.05) is 13.2 Å². The summed E-state index contributed by atoms with van der Waals surface area (Å²) >= 11 is 0. The van der Waals surface area contributed by atoms with Crippen molar-refractivity contribution in [3.8, 4) is 0 Å². The van der Waals surface area contributed by atoms with Crippen LogP contribution in [-0.4, -0.2) is 19.3 Å². The van der Waals surface area contributed by atoms with Gasteiger partial charge in [0.25, 0.3) is 0 Å². The van der Waals surface area contributed by atoms with Crippen molar-refractivity contribution >= 4 is 0 Å². The highest BCUT2D eigenvalue weighted by molar-refractivity contribution is 4.91. The number of nitrogens with two attached hydrogens (primary N) is 1. The Bertz CT molecular complexity index is 195. The Labute approximate surface area is 93.6 Å². The molecule has 2 saturated carbocycles. The minimum Gasteiger partial charge on any atom is -0.380 e. The van der Waals surface area contributed by atoms with Crippen molar-refractivity contribution in [3.05, 3.63) is 0 Å². The molecule has 2 nitrogen and oxygen atoms in total. The molecule has 0 aliphatic heterocycles. The van der Waals surface area contributed by atoms with Crippen molar-refractivity contribution in [3.63, 3.8) is 0 Å². The SMILES string of the molecule is CCCOCC(N)CC1CC2CCC1C2. The molecular formula is C13H25NO. The van der Waals surface area contributed by atoms with Crippen LogP contribution in [0.15, 0.2) is 0 Å². The molecule has 0 aromatic carbocycles. The predicted octanol–water partition coefficient (Wildman–Crippen LogP) is 2.57. The van der Waals surface area contributed by atoms with Crippen LogP contribution in [0.5, 0.6) is 0 Å². The lowest BCUT2D eigenvalue weighted by Gasteiger charge is -2.24. The van der Waals surface area contributed by atoms with Crippen LogP contribution in [0.3, 0.4) is 0 Å². The maximum atomic E-state index is 6.10. The van der Waals surface area contributed by atoms with Crippen LogP contribution in [0.25, 0.3) is 0 Å². The number of rotatable bonds is 6. The quantitative estimate of drug-likeness (QED) is 0.685. The summed E-state index contributed by atoms with van der Waals surface area (Å²) in [6, 6.07) is 0.279. The van der Waals surface area contributed by atoms with Crippen molar-refractivity contribution in [1.82, 2.24) is 0 Å². The Hall–Kier alpha value is -0.0800. The van der Waals surface area contributed by atoms with Gasteiger partial charge in [0.2, 0.25) is 0 Å². The Balaban J connectivity index is 1.64. The van der Waals surface area contributed by atoms with Crippen LogP contribution in [0.4, 0.5) is 0 Å². The molecular weight excluding hydrogens is 186 g/mol. The number of hydrogen-bond donors (Lipinski definition) is 1. The highest BCUT2D eigenvalue weighted by atomic mass is 16.5.